The van der Waals surface area contributed by atoms with E-state index in [0.29, 0.717) is 16.7 Å². The van der Waals surface area contributed by atoms with E-state index in [1.54, 1.807) is 24.5 Å². The molecule has 0 amide bonds. The highest BCUT2D eigenvalue weighted by Gasteiger charge is 2.22. The van der Waals surface area contributed by atoms with Crippen LogP contribution in [0.2, 0.25) is 0 Å². The van der Waals surface area contributed by atoms with Crippen molar-refractivity contribution in [2.75, 3.05) is 27.7 Å². The first-order valence-corrected chi connectivity index (χ1v) is 11.3. The van der Waals surface area contributed by atoms with E-state index in [1.807, 2.05) is 6.07 Å². The zero-order valence-corrected chi connectivity index (χ0v) is 18.2. The third-order valence-corrected chi connectivity index (χ3v) is 8.52. The predicted molar refractivity (Wildman–Crippen MR) is 111 cm³/mol. The number of sulfonamides is 1. The van der Waals surface area contributed by atoms with Gasteiger partial charge in [0.2, 0.25) is 0 Å². The number of aliphatic imine (C=N–C) groups is 1. The number of hydrogen-bond donors (Lipinski definition) is 2. The van der Waals surface area contributed by atoms with E-state index >= 15 is 0 Å². The maximum atomic E-state index is 12.1. The summed E-state index contributed by atoms with van der Waals surface area (Å²) in [5, 5.41) is 8.67. The molecule has 2 heterocycles. The summed E-state index contributed by atoms with van der Waals surface area (Å²) in [6, 6.07) is 7.68. The van der Waals surface area contributed by atoms with Crippen LogP contribution < -0.4 is 10.6 Å². The molecular weight excluding hydrogens is 388 g/mol. The van der Waals surface area contributed by atoms with Gasteiger partial charge in [-0.15, -0.1) is 22.7 Å². The van der Waals surface area contributed by atoms with Gasteiger partial charge in [0.25, 0.3) is 10.0 Å². The molecule has 0 spiro atoms. The Morgan fingerprint density at radius 3 is 2.54 bits per heavy atom. The summed E-state index contributed by atoms with van der Waals surface area (Å²) >= 11 is 3.02. The molecule has 0 radical (unpaired) electrons. The van der Waals surface area contributed by atoms with Crippen LogP contribution in [0.25, 0.3) is 0 Å². The number of guanidine groups is 1. The summed E-state index contributed by atoms with van der Waals surface area (Å²) in [5.74, 6) is 0.694. The summed E-state index contributed by atoms with van der Waals surface area (Å²) < 4.78 is 25.9. The van der Waals surface area contributed by atoms with E-state index in [4.69, 9.17) is 0 Å². The number of nitrogens with zero attached hydrogens (tertiary/aromatic N) is 2. The minimum Gasteiger partial charge on any atom is -0.356 e. The Morgan fingerprint density at radius 1 is 1.23 bits per heavy atom. The fourth-order valence-electron chi connectivity index (χ4n) is 2.22. The molecule has 144 valence electrons. The van der Waals surface area contributed by atoms with Gasteiger partial charge in [-0.3, -0.25) is 4.99 Å². The van der Waals surface area contributed by atoms with Gasteiger partial charge in [0.1, 0.15) is 4.21 Å². The van der Waals surface area contributed by atoms with Gasteiger partial charge >= 0.3 is 0 Å². The van der Waals surface area contributed by atoms with Crippen LogP contribution in [0.1, 0.15) is 23.6 Å². The summed E-state index contributed by atoms with van der Waals surface area (Å²) in [6.45, 7) is 5.65. The second-order valence-electron chi connectivity index (χ2n) is 6.65. The summed E-state index contributed by atoms with van der Waals surface area (Å²) in [4.78, 5) is 6.50. The minimum atomic E-state index is -3.38. The van der Waals surface area contributed by atoms with Gasteiger partial charge in [-0.25, -0.2) is 12.7 Å². The quantitative estimate of drug-likeness (QED) is 0.540. The van der Waals surface area contributed by atoms with E-state index in [1.165, 1.54) is 34.6 Å². The molecule has 0 aliphatic carbocycles. The lowest BCUT2D eigenvalue weighted by atomic mass is 9.91. The van der Waals surface area contributed by atoms with Gasteiger partial charge in [-0.1, -0.05) is 19.9 Å². The molecule has 0 aromatic carbocycles. The van der Waals surface area contributed by atoms with Crippen molar-refractivity contribution in [1.29, 1.82) is 0 Å². The van der Waals surface area contributed by atoms with E-state index in [0.717, 1.165) is 11.4 Å². The molecule has 6 nitrogen and oxygen atoms in total. The van der Waals surface area contributed by atoms with Crippen molar-refractivity contribution >= 4 is 38.7 Å². The molecule has 0 aliphatic rings. The first-order valence-electron chi connectivity index (χ1n) is 8.16. The number of hydrogen-bond acceptors (Lipinski definition) is 5. The van der Waals surface area contributed by atoms with E-state index in [9.17, 15) is 8.42 Å². The van der Waals surface area contributed by atoms with Crippen molar-refractivity contribution < 1.29 is 8.42 Å². The topological polar surface area (TPSA) is 73.8 Å². The molecule has 2 rings (SSSR count). The molecule has 0 atom stereocenters. The van der Waals surface area contributed by atoms with Crippen molar-refractivity contribution in [3.05, 3.63) is 39.4 Å². The van der Waals surface area contributed by atoms with Crippen LogP contribution in [-0.2, 0) is 22.0 Å². The fourth-order valence-corrected chi connectivity index (χ4v) is 5.54. The van der Waals surface area contributed by atoms with Crippen LogP contribution in [0.5, 0.6) is 0 Å². The molecule has 2 aromatic rings. The molecule has 26 heavy (non-hydrogen) atoms. The van der Waals surface area contributed by atoms with Gasteiger partial charge in [0, 0.05) is 42.9 Å². The SMILES string of the molecule is CN=C(NCc1ccc(S(=O)(=O)N(C)C)s1)NCC(C)(C)c1cccs1. The van der Waals surface area contributed by atoms with E-state index < -0.39 is 10.0 Å². The fraction of sp³-hybridized carbons (Fsp3) is 0.471. The van der Waals surface area contributed by atoms with Crippen LogP contribution in [0, 0.1) is 0 Å². The zero-order valence-electron chi connectivity index (χ0n) is 15.7. The van der Waals surface area contributed by atoms with Crippen molar-refractivity contribution in [3.8, 4) is 0 Å². The van der Waals surface area contributed by atoms with Crippen LogP contribution in [0.4, 0.5) is 0 Å². The molecule has 9 heteroatoms. The first-order chi connectivity index (χ1) is 12.2. The average Bonchev–Trinajstić information content (AvgIpc) is 3.27. The zero-order chi connectivity index (χ0) is 19.4. The third-order valence-electron chi connectivity index (χ3n) is 3.91. The Morgan fingerprint density at radius 2 is 1.96 bits per heavy atom. The van der Waals surface area contributed by atoms with Gasteiger partial charge in [0.15, 0.2) is 5.96 Å². The maximum absolute atomic E-state index is 12.1. The maximum Gasteiger partial charge on any atom is 0.252 e. The molecule has 0 unspecified atom stereocenters. The summed E-state index contributed by atoms with van der Waals surface area (Å²) in [5.41, 5.74) is 0.00166. The average molecular weight is 415 g/mol. The van der Waals surface area contributed by atoms with Crippen LogP contribution in [0.15, 0.2) is 38.8 Å². The molecule has 0 bridgehead atoms. The number of nitrogens with one attached hydrogen (secondary N) is 2. The number of rotatable bonds is 7. The number of thiophene rings is 2. The molecule has 0 saturated heterocycles. The van der Waals surface area contributed by atoms with Crippen molar-refractivity contribution in [1.82, 2.24) is 14.9 Å². The smallest absolute Gasteiger partial charge is 0.252 e. The molecule has 2 aromatic heterocycles. The Bertz CT molecular complexity index is 837. The first kappa shape index (κ1) is 20.9. The second kappa shape index (κ2) is 8.51. The Hall–Kier alpha value is -1.42. The molecular formula is C17H26N4O2S3. The Kier molecular flexibility index (Phi) is 6.84. The molecule has 0 aliphatic heterocycles. The normalized spacial score (nSPS) is 13.2. The van der Waals surface area contributed by atoms with Gasteiger partial charge in [-0.05, 0) is 23.6 Å². The third kappa shape index (κ3) is 5.06. The van der Waals surface area contributed by atoms with Crippen LogP contribution in [0.3, 0.4) is 0 Å². The van der Waals surface area contributed by atoms with Crippen molar-refractivity contribution in [3.63, 3.8) is 0 Å². The summed E-state index contributed by atoms with van der Waals surface area (Å²) in [6.07, 6.45) is 0. The van der Waals surface area contributed by atoms with Crippen LogP contribution in [-0.4, -0.2) is 46.4 Å². The van der Waals surface area contributed by atoms with Crippen LogP contribution >= 0.6 is 22.7 Å². The molecule has 2 N–H and O–H groups in total. The molecule has 0 saturated carbocycles. The van der Waals surface area contributed by atoms with Crippen molar-refractivity contribution in [2.24, 2.45) is 4.99 Å². The van der Waals surface area contributed by atoms with E-state index in [2.05, 4.69) is 47.0 Å². The lowest BCUT2D eigenvalue weighted by Crippen LogP contribution is -2.42. The Labute approximate surface area is 164 Å². The molecule has 0 fully saturated rings. The monoisotopic (exact) mass is 414 g/mol. The highest BCUT2D eigenvalue weighted by Crippen LogP contribution is 2.26. The Balaban J connectivity index is 1.93. The summed E-state index contributed by atoms with van der Waals surface area (Å²) in [7, 11) is 1.42. The predicted octanol–water partition coefficient (Wildman–Crippen LogP) is 2.70. The standard InChI is InChI=1S/C17H26N4O2S3/c1-17(2,14-7-6-10-24-14)12-20-16(18-3)19-11-13-8-9-15(25-13)26(22,23)21(4)5/h6-10H,11-12H2,1-5H3,(H2,18,19,20). The largest absolute Gasteiger partial charge is 0.356 e. The van der Waals surface area contributed by atoms with Crippen molar-refractivity contribution in [2.45, 2.75) is 30.0 Å². The highest BCUT2D eigenvalue weighted by atomic mass is 32.2. The lowest BCUT2D eigenvalue weighted by Gasteiger charge is -2.25. The van der Waals surface area contributed by atoms with Gasteiger partial charge < -0.3 is 10.6 Å². The highest BCUT2D eigenvalue weighted by molar-refractivity contribution is 7.91. The van der Waals surface area contributed by atoms with Gasteiger partial charge in [-0.2, -0.15) is 0 Å². The second-order valence-corrected chi connectivity index (χ2v) is 11.1. The van der Waals surface area contributed by atoms with Gasteiger partial charge in [0.05, 0.1) is 6.54 Å². The van der Waals surface area contributed by atoms with E-state index in [-0.39, 0.29) is 5.41 Å². The minimum absolute atomic E-state index is 0.00166. The lowest BCUT2D eigenvalue weighted by molar-refractivity contribution is 0.518.